The molecule has 0 radical (unpaired) electrons. The van der Waals surface area contributed by atoms with E-state index in [-0.39, 0.29) is 5.78 Å². The molecule has 1 heterocycles. The molecule has 0 atom stereocenters. The number of rotatable bonds is 5. The SMILES string of the molecule is CC(=O)c1cccc(NC(=S)Nc2ccn(Cc3ccc(Br)cc3)n2)c1. The molecule has 0 unspecified atom stereocenters. The van der Waals surface area contributed by atoms with Crippen LogP contribution in [-0.4, -0.2) is 20.7 Å². The third-order valence-corrected chi connectivity index (χ3v) is 4.40. The van der Waals surface area contributed by atoms with Crippen molar-refractivity contribution in [3.8, 4) is 0 Å². The number of carbonyl (C=O) groups is 1. The zero-order chi connectivity index (χ0) is 18.5. The highest BCUT2D eigenvalue weighted by Gasteiger charge is 2.05. The zero-order valence-corrected chi connectivity index (χ0v) is 16.5. The first-order valence-corrected chi connectivity index (χ1v) is 9.16. The molecule has 0 aliphatic carbocycles. The molecule has 5 nitrogen and oxygen atoms in total. The molecule has 0 aliphatic heterocycles. The first kappa shape index (κ1) is 18.3. The minimum absolute atomic E-state index is 0.0132. The maximum Gasteiger partial charge on any atom is 0.176 e. The van der Waals surface area contributed by atoms with Crippen LogP contribution in [0.4, 0.5) is 11.5 Å². The Morgan fingerprint density at radius 2 is 1.92 bits per heavy atom. The number of nitrogens with one attached hydrogen (secondary N) is 2. The summed E-state index contributed by atoms with van der Waals surface area (Å²) in [5.74, 6) is 0.668. The van der Waals surface area contributed by atoms with Crippen LogP contribution in [0.3, 0.4) is 0 Å². The van der Waals surface area contributed by atoms with Crippen LogP contribution in [0, 0.1) is 0 Å². The van der Waals surface area contributed by atoms with Crippen molar-refractivity contribution in [2.75, 3.05) is 10.6 Å². The second-order valence-corrected chi connectivity index (χ2v) is 7.07. The number of hydrogen-bond donors (Lipinski definition) is 2. The first-order chi connectivity index (χ1) is 12.5. The molecule has 0 saturated carbocycles. The number of benzene rings is 2. The largest absolute Gasteiger partial charge is 0.332 e. The summed E-state index contributed by atoms with van der Waals surface area (Å²) in [5.41, 5.74) is 2.55. The minimum Gasteiger partial charge on any atom is -0.332 e. The fourth-order valence-corrected chi connectivity index (χ4v) is 2.87. The smallest absolute Gasteiger partial charge is 0.176 e. The van der Waals surface area contributed by atoms with E-state index in [4.69, 9.17) is 12.2 Å². The van der Waals surface area contributed by atoms with Gasteiger partial charge in [0.2, 0.25) is 0 Å². The van der Waals surface area contributed by atoms with E-state index < -0.39 is 0 Å². The predicted molar refractivity (Wildman–Crippen MR) is 112 cm³/mol. The first-order valence-electron chi connectivity index (χ1n) is 7.96. The molecule has 3 aromatic rings. The van der Waals surface area contributed by atoms with E-state index >= 15 is 0 Å². The van der Waals surface area contributed by atoms with Crippen molar-refractivity contribution in [2.24, 2.45) is 0 Å². The van der Waals surface area contributed by atoms with Gasteiger partial charge in [0, 0.05) is 28.0 Å². The minimum atomic E-state index is 0.0132. The molecule has 3 rings (SSSR count). The summed E-state index contributed by atoms with van der Waals surface area (Å²) in [4.78, 5) is 11.5. The monoisotopic (exact) mass is 428 g/mol. The van der Waals surface area contributed by atoms with Crippen LogP contribution in [0.5, 0.6) is 0 Å². The molecule has 2 aromatic carbocycles. The molecule has 0 spiro atoms. The predicted octanol–water partition coefficient (Wildman–Crippen LogP) is 4.71. The van der Waals surface area contributed by atoms with E-state index in [2.05, 4.69) is 31.7 Å². The number of aromatic nitrogens is 2. The molecular formula is C19H17BrN4OS. The highest BCUT2D eigenvalue weighted by molar-refractivity contribution is 9.10. The van der Waals surface area contributed by atoms with Crippen LogP contribution >= 0.6 is 28.1 Å². The molecule has 26 heavy (non-hydrogen) atoms. The number of carbonyl (C=O) groups excluding carboxylic acids is 1. The van der Waals surface area contributed by atoms with Gasteiger partial charge in [0.15, 0.2) is 16.7 Å². The van der Waals surface area contributed by atoms with Crippen LogP contribution in [-0.2, 0) is 6.54 Å². The van der Waals surface area contributed by atoms with Gasteiger partial charge >= 0.3 is 0 Å². The summed E-state index contributed by atoms with van der Waals surface area (Å²) < 4.78 is 2.89. The number of ketones is 1. The third-order valence-electron chi connectivity index (χ3n) is 3.67. The van der Waals surface area contributed by atoms with Crippen LogP contribution in [0.2, 0.25) is 0 Å². The fourth-order valence-electron chi connectivity index (χ4n) is 2.39. The van der Waals surface area contributed by atoms with E-state index in [0.29, 0.717) is 23.0 Å². The number of halogens is 1. The lowest BCUT2D eigenvalue weighted by molar-refractivity contribution is 0.101. The standard InChI is InChI=1S/C19H17BrN4OS/c1-13(25)15-3-2-4-17(11-15)21-19(26)22-18-9-10-24(23-18)12-14-5-7-16(20)8-6-14/h2-11H,12H2,1H3,(H2,21,22,23,26). The summed E-state index contributed by atoms with van der Waals surface area (Å²) in [5, 5.41) is 11.0. The number of nitrogens with zero attached hydrogens (tertiary/aromatic N) is 2. The molecule has 0 saturated heterocycles. The van der Waals surface area contributed by atoms with Crippen molar-refractivity contribution in [3.63, 3.8) is 0 Å². The maximum absolute atomic E-state index is 11.5. The molecule has 132 valence electrons. The molecule has 7 heteroatoms. The molecule has 0 fully saturated rings. The van der Waals surface area contributed by atoms with Gasteiger partial charge in [-0.25, -0.2) is 0 Å². The van der Waals surface area contributed by atoms with Crippen molar-refractivity contribution in [1.29, 1.82) is 0 Å². The average molecular weight is 429 g/mol. The fraction of sp³-hybridized carbons (Fsp3) is 0.105. The van der Waals surface area contributed by atoms with Crippen LogP contribution < -0.4 is 10.6 Å². The number of thiocarbonyl (C=S) groups is 1. The normalized spacial score (nSPS) is 10.4. The molecular weight excluding hydrogens is 412 g/mol. The molecule has 0 aliphatic rings. The van der Waals surface area contributed by atoms with Crippen LogP contribution in [0.25, 0.3) is 0 Å². The topological polar surface area (TPSA) is 59.0 Å². The Morgan fingerprint density at radius 1 is 1.15 bits per heavy atom. The summed E-state index contributed by atoms with van der Waals surface area (Å²) >= 11 is 8.75. The van der Waals surface area contributed by atoms with E-state index in [0.717, 1.165) is 15.7 Å². The van der Waals surface area contributed by atoms with Crippen molar-refractivity contribution >= 4 is 50.5 Å². The Bertz CT molecular complexity index is 937. The van der Waals surface area contributed by atoms with Gasteiger partial charge in [0.05, 0.1) is 6.54 Å². The van der Waals surface area contributed by atoms with Gasteiger partial charge in [-0.3, -0.25) is 9.48 Å². The van der Waals surface area contributed by atoms with E-state index in [1.165, 1.54) is 6.92 Å². The Kier molecular flexibility index (Phi) is 5.80. The van der Waals surface area contributed by atoms with Gasteiger partial charge < -0.3 is 10.6 Å². The molecule has 1 aromatic heterocycles. The lowest BCUT2D eigenvalue weighted by Gasteiger charge is -2.09. The van der Waals surface area contributed by atoms with Crippen molar-refractivity contribution in [1.82, 2.24) is 9.78 Å². The van der Waals surface area contributed by atoms with Crippen molar-refractivity contribution in [3.05, 3.63) is 76.4 Å². The second-order valence-electron chi connectivity index (χ2n) is 5.74. The Balaban J connectivity index is 1.60. The van der Waals surface area contributed by atoms with E-state index in [1.54, 1.807) is 12.1 Å². The lowest BCUT2D eigenvalue weighted by atomic mass is 10.1. The summed E-state index contributed by atoms with van der Waals surface area (Å²) in [7, 11) is 0. The summed E-state index contributed by atoms with van der Waals surface area (Å²) in [6, 6.07) is 17.2. The zero-order valence-electron chi connectivity index (χ0n) is 14.1. The van der Waals surface area contributed by atoms with E-state index in [1.807, 2.05) is 53.3 Å². The highest BCUT2D eigenvalue weighted by Crippen LogP contribution is 2.14. The highest BCUT2D eigenvalue weighted by atomic mass is 79.9. The van der Waals surface area contributed by atoms with Gasteiger partial charge in [0.25, 0.3) is 0 Å². The summed E-state index contributed by atoms with van der Waals surface area (Å²) in [6.07, 6.45) is 1.89. The molecule has 0 bridgehead atoms. The molecule has 0 amide bonds. The van der Waals surface area contributed by atoms with Crippen molar-refractivity contribution < 1.29 is 4.79 Å². The number of hydrogen-bond acceptors (Lipinski definition) is 3. The average Bonchev–Trinajstić information content (AvgIpc) is 3.04. The second kappa shape index (κ2) is 8.25. The van der Waals surface area contributed by atoms with Crippen LogP contribution in [0.1, 0.15) is 22.8 Å². The Hall–Kier alpha value is -2.51. The van der Waals surface area contributed by atoms with Gasteiger partial charge in [-0.15, -0.1) is 0 Å². The Morgan fingerprint density at radius 3 is 2.65 bits per heavy atom. The lowest BCUT2D eigenvalue weighted by Crippen LogP contribution is -2.19. The Labute approximate surface area is 165 Å². The third kappa shape index (κ3) is 5.00. The number of Topliss-reactive ketones (excluding diaryl/α,β-unsaturated/α-hetero) is 1. The quantitative estimate of drug-likeness (QED) is 0.455. The van der Waals surface area contributed by atoms with Crippen LogP contribution in [0.15, 0.2) is 65.3 Å². The number of anilines is 2. The van der Waals surface area contributed by atoms with Crippen molar-refractivity contribution in [2.45, 2.75) is 13.5 Å². The van der Waals surface area contributed by atoms with Gasteiger partial charge in [-0.05, 0) is 49.0 Å². The maximum atomic E-state index is 11.5. The van der Waals surface area contributed by atoms with Gasteiger partial charge in [-0.1, -0.05) is 40.2 Å². The van der Waals surface area contributed by atoms with Gasteiger partial charge in [-0.2, -0.15) is 5.10 Å². The van der Waals surface area contributed by atoms with Gasteiger partial charge in [0.1, 0.15) is 0 Å². The van der Waals surface area contributed by atoms with E-state index in [9.17, 15) is 4.79 Å². The molecule has 2 N–H and O–H groups in total. The summed E-state index contributed by atoms with van der Waals surface area (Å²) in [6.45, 7) is 2.21.